The van der Waals surface area contributed by atoms with Gasteiger partial charge in [0.2, 0.25) is 0 Å². The number of aromatic nitrogens is 3. The summed E-state index contributed by atoms with van der Waals surface area (Å²) in [5.74, 6) is 0.830. The zero-order chi connectivity index (χ0) is 16.9. The Labute approximate surface area is 141 Å². The van der Waals surface area contributed by atoms with E-state index in [4.69, 9.17) is 4.52 Å². The number of nitrogens with one attached hydrogen (secondary N) is 1. The predicted octanol–water partition coefficient (Wildman–Crippen LogP) is 0.786. The van der Waals surface area contributed by atoms with E-state index in [2.05, 4.69) is 20.5 Å². The maximum atomic E-state index is 12.2. The zero-order valence-electron chi connectivity index (χ0n) is 14.2. The van der Waals surface area contributed by atoms with Crippen molar-refractivity contribution in [3.05, 3.63) is 35.5 Å². The minimum atomic E-state index is 0.0100. The summed E-state index contributed by atoms with van der Waals surface area (Å²) in [6.07, 6.45) is 4.60. The van der Waals surface area contributed by atoms with Crippen LogP contribution in [0.1, 0.15) is 17.0 Å². The van der Waals surface area contributed by atoms with Crippen molar-refractivity contribution in [3.63, 3.8) is 0 Å². The Kier molecular flexibility index (Phi) is 5.14. The smallest absolute Gasteiger partial charge is 0.317 e. The molecule has 1 N–H and O–H groups in total. The lowest BCUT2D eigenvalue weighted by Gasteiger charge is -2.34. The monoisotopic (exact) mass is 332 g/mol. The maximum Gasteiger partial charge on any atom is 0.317 e. The number of carbonyl (C=O) groups excluding carboxylic acids is 1. The lowest BCUT2D eigenvalue weighted by molar-refractivity contribution is 0.133. The second-order valence-electron chi connectivity index (χ2n) is 6.20. The first-order valence-electron chi connectivity index (χ1n) is 8.25. The quantitative estimate of drug-likeness (QED) is 0.875. The van der Waals surface area contributed by atoms with Gasteiger partial charge >= 0.3 is 6.03 Å². The van der Waals surface area contributed by atoms with Crippen LogP contribution in [0.4, 0.5) is 4.79 Å². The molecule has 0 radical (unpaired) electrons. The topological polar surface area (TPSA) is 79.4 Å². The highest BCUT2D eigenvalue weighted by Gasteiger charge is 2.21. The summed E-state index contributed by atoms with van der Waals surface area (Å²) in [5, 5.41) is 11.1. The normalized spacial score (nSPS) is 15.7. The molecule has 0 atom stereocenters. The largest absolute Gasteiger partial charge is 0.361 e. The molecule has 1 saturated heterocycles. The van der Waals surface area contributed by atoms with Gasteiger partial charge in [-0.3, -0.25) is 9.58 Å². The Bertz CT molecular complexity index is 672. The number of amides is 2. The molecule has 2 amide bonds. The van der Waals surface area contributed by atoms with Crippen LogP contribution in [0.3, 0.4) is 0 Å². The number of nitrogens with zero attached hydrogens (tertiary/aromatic N) is 5. The zero-order valence-corrected chi connectivity index (χ0v) is 14.2. The first kappa shape index (κ1) is 16.5. The van der Waals surface area contributed by atoms with Gasteiger partial charge in [-0.2, -0.15) is 5.10 Å². The molecule has 3 rings (SSSR count). The third kappa shape index (κ3) is 4.35. The molecule has 1 aliphatic rings. The van der Waals surface area contributed by atoms with Gasteiger partial charge < -0.3 is 14.7 Å². The minimum absolute atomic E-state index is 0.0100. The van der Waals surface area contributed by atoms with E-state index in [-0.39, 0.29) is 6.03 Å². The molecule has 130 valence electrons. The summed E-state index contributed by atoms with van der Waals surface area (Å²) in [6, 6.07) is 1.97. The van der Waals surface area contributed by atoms with E-state index in [0.29, 0.717) is 6.54 Å². The minimum Gasteiger partial charge on any atom is -0.361 e. The molecule has 0 aliphatic carbocycles. The lowest BCUT2D eigenvalue weighted by Crippen LogP contribution is -2.51. The highest BCUT2D eigenvalue weighted by Crippen LogP contribution is 2.09. The molecular formula is C16H24N6O2. The van der Waals surface area contributed by atoms with E-state index >= 15 is 0 Å². The van der Waals surface area contributed by atoms with Gasteiger partial charge in [0.1, 0.15) is 5.76 Å². The van der Waals surface area contributed by atoms with Gasteiger partial charge in [-0.25, -0.2) is 4.79 Å². The molecule has 0 bridgehead atoms. The predicted molar refractivity (Wildman–Crippen MR) is 88.4 cm³/mol. The summed E-state index contributed by atoms with van der Waals surface area (Å²) in [7, 11) is 1.89. The number of rotatable bonds is 5. The van der Waals surface area contributed by atoms with Crippen molar-refractivity contribution in [2.75, 3.05) is 32.7 Å². The van der Waals surface area contributed by atoms with Crippen LogP contribution in [-0.4, -0.2) is 63.5 Å². The Hall–Kier alpha value is -2.35. The molecule has 1 fully saturated rings. The molecule has 1 aliphatic heterocycles. The van der Waals surface area contributed by atoms with Gasteiger partial charge in [0.25, 0.3) is 0 Å². The summed E-state index contributed by atoms with van der Waals surface area (Å²) >= 11 is 0. The van der Waals surface area contributed by atoms with E-state index in [0.717, 1.165) is 56.2 Å². The third-order valence-electron chi connectivity index (χ3n) is 4.17. The van der Waals surface area contributed by atoms with Crippen LogP contribution in [0, 0.1) is 6.92 Å². The number of aryl methyl sites for hydroxylation is 2. The summed E-state index contributed by atoms with van der Waals surface area (Å²) in [4.78, 5) is 16.4. The molecule has 0 saturated carbocycles. The number of hydrogen-bond acceptors (Lipinski definition) is 5. The summed E-state index contributed by atoms with van der Waals surface area (Å²) in [5.41, 5.74) is 2.08. The summed E-state index contributed by atoms with van der Waals surface area (Å²) in [6.45, 7) is 6.45. The van der Waals surface area contributed by atoms with Gasteiger partial charge in [0, 0.05) is 58.6 Å². The Morgan fingerprint density at radius 1 is 1.33 bits per heavy atom. The van der Waals surface area contributed by atoms with Crippen LogP contribution in [-0.2, 0) is 20.0 Å². The van der Waals surface area contributed by atoms with Crippen LogP contribution in [0.2, 0.25) is 0 Å². The van der Waals surface area contributed by atoms with Gasteiger partial charge in [-0.05, 0) is 18.9 Å². The molecule has 8 nitrogen and oxygen atoms in total. The van der Waals surface area contributed by atoms with Crippen LogP contribution in [0.25, 0.3) is 0 Å². The van der Waals surface area contributed by atoms with Crippen molar-refractivity contribution in [3.8, 4) is 0 Å². The van der Waals surface area contributed by atoms with Crippen molar-refractivity contribution < 1.29 is 9.32 Å². The van der Waals surface area contributed by atoms with Gasteiger partial charge in [0.05, 0.1) is 11.9 Å². The fourth-order valence-corrected chi connectivity index (χ4v) is 2.86. The number of hydrogen-bond donors (Lipinski definition) is 1. The molecular weight excluding hydrogens is 308 g/mol. The third-order valence-corrected chi connectivity index (χ3v) is 4.17. The first-order valence-corrected chi connectivity index (χ1v) is 8.25. The first-order chi connectivity index (χ1) is 11.6. The number of urea groups is 1. The van der Waals surface area contributed by atoms with Crippen molar-refractivity contribution in [1.29, 1.82) is 0 Å². The van der Waals surface area contributed by atoms with E-state index in [1.54, 1.807) is 4.68 Å². The lowest BCUT2D eigenvalue weighted by atomic mass is 10.2. The SMILES string of the molecule is Cc1cc(CN2CCN(C(=O)NCCc3cnn(C)c3)CC2)no1. The molecule has 0 spiro atoms. The fraction of sp³-hybridized carbons (Fsp3) is 0.562. The maximum absolute atomic E-state index is 12.2. The van der Waals surface area contributed by atoms with Crippen molar-refractivity contribution in [2.45, 2.75) is 19.9 Å². The number of piperazine rings is 1. The Balaban J connectivity index is 1.37. The molecule has 8 heteroatoms. The molecule has 24 heavy (non-hydrogen) atoms. The Morgan fingerprint density at radius 2 is 2.12 bits per heavy atom. The van der Waals surface area contributed by atoms with Crippen LogP contribution < -0.4 is 5.32 Å². The van der Waals surface area contributed by atoms with E-state index < -0.39 is 0 Å². The van der Waals surface area contributed by atoms with Gasteiger partial charge in [0.15, 0.2) is 0 Å². The van der Waals surface area contributed by atoms with Gasteiger partial charge in [-0.1, -0.05) is 5.16 Å². The average Bonchev–Trinajstić information content (AvgIpc) is 3.16. The second kappa shape index (κ2) is 7.48. The van der Waals surface area contributed by atoms with E-state index in [1.165, 1.54) is 0 Å². The van der Waals surface area contributed by atoms with Crippen LogP contribution in [0.5, 0.6) is 0 Å². The van der Waals surface area contributed by atoms with E-state index in [9.17, 15) is 4.79 Å². The molecule has 0 unspecified atom stereocenters. The van der Waals surface area contributed by atoms with Crippen LogP contribution in [0.15, 0.2) is 23.0 Å². The van der Waals surface area contributed by atoms with Gasteiger partial charge in [-0.15, -0.1) is 0 Å². The Morgan fingerprint density at radius 3 is 2.75 bits per heavy atom. The second-order valence-corrected chi connectivity index (χ2v) is 6.20. The highest BCUT2D eigenvalue weighted by atomic mass is 16.5. The van der Waals surface area contributed by atoms with Crippen LogP contribution >= 0.6 is 0 Å². The number of carbonyl (C=O) groups is 1. The fourth-order valence-electron chi connectivity index (χ4n) is 2.86. The molecule has 2 aromatic rings. The summed E-state index contributed by atoms with van der Waals surface area (Å²) < 4.78 is 6.86. The standard InChI is InChI=1S/C16H24N6O2/c1-13-9-15(19-24-13)12-21-5-7-22(8-6-21)16(23)17-4-3-14-10-18-20(2)11-14/h9-11H,3-8,12H2,1-2H3,(H,17,23). The highest BCUT2D eigenvalue weighted by molar-refractivity contribution is 5.74. The van der Waals surface area contributed by atoms with Crippen molar-refractivity contribution in [2.24, 2.45) is 7.05 Å². The molecule has 3 heterocycles. The molecule has 2 aromatic heterocycles. The van der Waals surface area contributed by atoms with Crippen molar-refractivity contribution in [1.82, 2.24) is 30.1 Å². The average molecular weight is 332 g/mol. The molecule has 0 aromatic carbocycles. The van der Waals surface area contributed by atoms with E-state index in [1.807, 2.05) is 37.3 Å². The van der Waals surface area contributed by atoms with Crippen molar-refractivity contribution >= 4 is 6.03 Å².